The van der Waals surface area contributed by atoms with Gasteiger partial charge in [-0.15, -0.1) is 11.8 Å². The van der Waals surface area contributed by atoms with Gasteiger partial charge in [0.2, 0.25) is 5.91 Å². The predicted octanol–water partition coefficient (Wildman–Crippen LogP) is 3.92. The fourth-order valence-corrected chi connectivity index (χ4v) is 2.86. The van der Waals surface area contributed by atoms with Crippen molar-refractivity contribution in [1.82, 2.24) is 0 Å². The maximum atomic E-state index is 12.1. The Balaban J connectivity index is 1.99. The lowest BCUT2D eigenvalue weighted by molar-refractivity contribution is -0.113. The normalized spacial score (nSPS) is 10.4. The van der Waals surface area contributed by atoms with Crippen LogP contribution in [0.4, 0.5) is 11.4 Å². The predicted molar refractivity (Wildman–Crippen MR) is 90.9 cm³/mol. The van der Waals surface area contributed by atoms with E-state index in [1.165, 1.54) is 17.3 Å². The van der Waals surface area contributed by atoms with Gasteiger partial charge in [0.15, 0.2) is 0 Å². The summed E-state index contributed by atoms with van der Waals surface area (Å²) in [5.41, 5.74) is 10.8. The molecule has 1 amide bonds. The topological polar surface area (TPSA) is 55.1 Å². The summed E-state index contributed by atoms with van der Waals surface area (Å²) in [6.07, 6.45) is 0. The van der Waals surface area contributed by atoms with Crippen molar-refractivity contribution in [1.29, 1.82) is 0 Å². The molecule has 3 N–H and O–H groups in total. The Hall–Kier alpha value is -1.94. The van der Waals surface area contributed by atoms with Crippen LogP contribution in [-0.4, -0.2) is 11.7 Å². The van der Waals surface area contributed by atoms with Gasteiger partial charge in [0, 0.05) is 16.3 Å². The standard InChI is InChI=1S/C17H20N2OS/c1-11-5-4-6-15(13(11)3)19-17(20)10-21-16-9-14(18)8-7-12(16)2/h4-9H,10,18H2,1-3H3,(H,19,20). The lowest BCUT2D eigenvalue weighted by Crippen LogP contribution is -2.15. The first kappa shape index (κ1) is 15.4. The number of thioether (sulfide) groups is 1. The van der Waals surface area contributed by atoms with Crippen LogP contribution in [-0.2, 0) is 4.79 Å². The van der Waals surface area contributed by atoms with E-state index >= 15 is 0 Å². The molecule has 0 heterocycles. The number of anilines is 2. The average molecular weight is 300 g/mol. The molecule has 0 spiro atoms. The number of carbonyl (C=O) groups excluding carboxylic acids is 1. The van der Waals surface area contributed by atoms with Gasteiger partial charge in [0.05, 0.1) is 5.75 Å². The van der Waals surface area contributed by atoms with Crippen molar-refractivity contribution in [3.8, 4) is 0 Å². The Morgan fingerprint density at radius 1 is 1.14 bits per heavy atom. The van der Waals surface area contributed by atoms with Crippen LogP contribution in [0.2, 0.25) is 0 Å². The van der Waals surface area contributed by atoms with E-state index in [0.717, 1.165) is 27.4 Å². The Bertz CT molecular complexity index is 668. The lowest BCUT2D eigenvalue weighted by Gasteiger charge is -2.11. The minimum atomic E-state index is -0.00414. The highest BCUT2D eigenvalue weighted by molar-refractivity contribution is 8.00. The molecule has 3 nitrogen and oxygen atoms in total. The lowest BCUT2D eigenvalue weighted by atomic mass is 10.1. The van der Waals surface area contributed by atoms with Gasteiger partial charge in [-0.25, -0.2) is 0 Å². The minimum Gasteiger partial charge on any atom is -0.399 e. The van der Waals surface area contributed by atoms with Crippen LogP contribution in [0.1, 0.15) is 16.7 Å². The molecule has 2 rings (SSSR count). The second-order valence-electron chi connectivity index (χ2n) is 5.11. The molecule has 2 aromatic rings. The molecule has 0 unspecified atom stereocenters. The van der Waals surface area contributed by atoms with E-state index < -0.39 is 0 Å². The second-order valence-corrected chi connectivity index (χ2v) is 6.13. The summed E-state index contributed by atoms with van der Waals surface area (Å²) in [5.74, 6) is 0.369. The molecule has 0 bridgehead atoms. The van der Waals surface area contributed by atoms with Crippen molar-refractivity contribution in [2.24, 2.45) is 0 Å². The molecule has 0 radical (unpaired) electrons. The number of amides is 1. The summed E-state index contributed by atoms with van der Waals surface area (Å²) >= 11 is 1.51. The number of nitrogens with one attached hydrogen (secondary N) is 1. The van der Waals surface area contributed by atoms with Crippen LogP contribution in [0.3, 0.4) is 0 Å². The van der Waals surface area contributed by atoms with Gasteiger partial charge in [-0.2, -0.15) is 0 Å². The van der Waals surface area contributed by atoms with E-state index in [4.69, 9.17) is 5.73 Å². The number of hydrogen-bond acceptors (Lipinski definition) is 3. The number of hydrogen-bond donors (Lipinski definition) is 2. The van der Waals surface area contributed by atoms with E-state index in [2.05, 4.69) is 5.32 Å². The van der Waals surface area contributed by atoms with E-state index in [0.29, 0.717) is 5.75 Å². The van der Waals surface area contributed by atoms with Gasteiger partial charge >= 0.3 is 0 Å². The highest BCUT2D eigenvalue weighted by Gasteiger charge is 2.08. The Labute approximate surface area is 129 Å². The van der Waals surface area contributed by atoms with E-state index in [1.807, 2.05) is 57.2 Å². The Kier molecular flexibility index (Phi) is 4.91. The number of rotatable bonds is 4. The molecule has 0 atom stereocenters. The van der Waals surface area contributed by atoms with E-state index in [1.54, 1.807) is 0 Å². The summed E-state index contributed by atoms with van der Waals surface area (Å²) in [7, 11) is 0. The van der Waals surface area contributed by atoms with Crippen LogP contribution in [0.15, 0.2) is 41.3 Å². The molecule has 0 aromatic heterocycles. The van der Waals surface area contributed by atoms with Gasteiger partial charge in [0.25, 0.3) is 0 Å². The first-order chi connectivity index (χ1) is 9.97. The number of aryl methyl sites for hydroxylation is 2. The number of benzene rings is 2. The van der Waals surface area contributed by atoms with Crippen molar-refractivity contribution < 1.29 is 4.79 Å². The zero-order valence-electron chi connectivity index (χ0n) is 12.6. The molecule has 0 aliphatic rings. The monoisotopic (exact) mass is 300 g/mol. The minimum absolute atomic E-state index is 0.00414. The third-order valence-corrected chi connectivity index (χ3v) is 4.61. The second kappa shape index (κ2) is 6.68. The van der Waals surface area contributed by atoms with Crippen molar-refractivity contribution in [2.75, 3.05) is 16.8 Å². The van der Waals surface area contributed by atoms with E-state index in [9.17, 15) is 4.79 Å². The van der Waals surface area contributed by atoms with E-state index in [-0.39, 0.29) is 5.91 Å². The highest BCUT2D eigenvalue weighted by atomic mass is 32.2. The van der Waals surface area contributed by atoms with Crippen LogP contribution in [0.5, 0.6) is 0 Å². The maximum absolute atomic E-state index is 12.1. The average Bonchev–Trinajstić information content (AvgIpc) is 2.45. The van der Waals surface area contributed by atoms with Crippen LogP contribution in [0.25, 0.3) is 0 Å². The van der Waals surface area contributed by atoms with Crippen LogP contribution < -0.4 is 11.1 Å². The molecule has 21 heavy (non-hydrogen) atoms. The first-order valence-electron chi connectivity index (χ1n) is 6.82. The molecule has 110 valence electrons. The van der Waals surface area contributed by atoms with Crippen molar-refractivity contribution in [3.05, 3.63) is 53.1 Å². The molecule has 0 aliphatic heterocycles. The number of nitrogens with two attached hydrogens (primary N) is 1. The fourth-order valence-electron chi connectivity index (χ4n) is 1.99. The molecule has 4 heteroatoms. The molecule has 0 saturated heterocycles. The highest BCUT2D eigenvalue weighted by Crippen LogP contribution is 2.25. The van der Waals surface area contributed by atoms with Gasteiger partial charge in [-0.3, -0.25) is 4.79 Å². The summed E-state index contributed by atoms with van der Waals surface area (Å²) in [6.45, 7) is 6.07. The quantitative estimate of drug-likeness (QED) is 0.664. The van der Waals surface area contributed by atoms with Crippen molar-refractivity contribution in [2.45, 2.75) is 25.7 Å². The van der Waals surface area contributed by atoms with Gasteiger partial charge < -0.3 is 11.1 Å². The van der Waals surface area contributed by atoms with Gasteiger partial charge in [0.1, 0.15) is 0 Å². The van der Waals surface area contributed by atoms with Gasteiger partial charge in [-0.05, 0) is 55.7 Å². The molecule has 0 aliphatic carbocycles. The van der Waals surface area contributed by atoms with Crippen LogP contribution in [0, 0.1) is 20.8 Å². The fraction of sp³-hybridized carbons (Fsp3) is 0.235. The Morgan fingerprint density at radius 3 is 2.67 bits per heavy atom. The summed E-state index contributed by atoms with van der Waals surface area (Å²) in [6, 6.07) is 11.7. The number of nitrogen functional groups attached to an aromatic ring is 1. The van der Waals surface area contributed by atoms with Crippen molar-refractivity contribution in [3.63, 3.8) is 0 Å². The first-order valence-corrected chi connectivity index (χ1v) is 7.81. The maximum Gasteiger partial charge on any atom is 0.234 e. The summed E-state index contributed by atoms with van der Waals surface area (Å²) in [5, 5.41) is 2.96. The third-order valence-electron chi connectivity index (χ3n) is 3.45. The summed E-state index contributed by atoms with van der Waals surface area (Å²) < 4.78 is 0. The third kappa shape index (κ3) is 4.02. The molecule has 2 aromatic carbocycles. The molecule has 0 saturated carbocycles. The largest absolute Gasteiger partial charge is 0.399 e. The van der Waals surface area contributed by atoms with Crippen molar-refractivity contribution >= 4 is 29.0 Å². The van der Waals surface area contributed by atoms with Gasteiger partial charge in [-0.1, -0.05) is 18.2 Å². The van der Waals surface area contributed by atoms with Crippen LogP contribution >= 0.6 is 11.8 Å². The SMILES string of the molecule is Cc1ccc(N)cc1SCC(=O)Nc1cccc(C)c1C. The molecular weight excluding hydrogens is 280 g/mol. The zero-order chi connectivity index (χ0) is 15.4. The molecular formula is C17H20N2OS. The summed E-state index contributed by atoms with van der Waals surface area (Å²) in [4.78, 5) is 13.1. The Morgan fingerprint density at radius 2 is 1.90 bits per heavy atom. The zero-order valence-corrected chi connectivity index (χ0v) is 13.4. The number of carbonyl (C=O) groups is 1. The smallest absolute Gasteiger partial charge is 0.234 e. The molecule has 0 fully saturated rings.